The van der Waals surface area contributed by atoms with Crippen LogP contribution in [0, 0.1) is 11.2 Å². The lowest BCUT2D eigenvalue weighted by Gasteiger charge is -2.37. The Kier molecular flexibility index (Phi) is 4.27. The summed E-state index contributed by atoms with van der Waals surface area (Å²) < 4.78 is 14.1. The van der Waals surface area contributed by atoms with Gasteiger partial charge in [0, 0.05) is 11.0 Å². The van der Waals surface area contributed by atoms with Crippen LogP contribution in [-0.2, 0) is 4.79 Å². The second-order valence-electron chi connectivity index (χ2n) is 4.87. The molecule has 1 fully saturated rings. The molecular weight excluding hydrogens is 331 g/mol. The van der Waals surface area contributed by atoms with E-state index < -0.39 is 23.2 Å². The van der Waals surface area contributed by atoms with Crippen LogP contribution in [0.5, 0.6) is 0 Å². The summed E-state index contributed by atoms with van der Waals surface area (Å²) in [6, 6.07) is 3.57. The molecule has 108 valence electrons. The van der Waals surface area contributed by atoms with E-state index in [4.69, 9.17) is 5.11 Å². The minimum Gasteiger partial charge on any atom is -0.481 e. The van der Waals surface area contributed by atoms with Crippen molar-refractivity contribution in [3.05, 3.63) is 28.5 Å². The molecule has 0 unspecified atom stereocenters. The molecule has 0 spiro atoms. The molecule has 2 rings (SSSR count). The zero-order valence-corrected chi connectivity index (χ0v) is 12.2. The van der Waals surface area contributed by atoms with Gasteiger partial charge in [-0.2, -0.15) is 0 Å². The molecule has 1 saturated carbocycles. The van der Waals surface area contributed by atoms with E-state index in [0.29, 0.717) is 17.3 Å². The lowest BCUT2D eigenvalue weighted by molar-refractivity contribution is -0.153. The molecule has 5 nitrogen and oxygen atoms in total. The third-order valence-electron chi connectivity index (χ3n) is 3.53. The number of rotatable bonds is 4. The van der Waals surface area contributed by atoms with Crippen molar-refractivity contribution < 1.29 is 19.1 Å². The van der Waals surface area contributed by atoms with Gasteiger partial charge >= 0.3 is 12.0 Å². The van der Waals surface area contributed by atoms with Crippen LogP contribution in [0.15, 0.2) is 22.7 Å². The first-order valence-corrected chi connectivity index (χ1v) is 6.96. The monoisotopic (exact) mass is 344 g/mol. The maximum atomic E-state index is 13.5. The van der Waals surface area contributed by atoms with Crippen molar-refractivity contribution >= 4 is 33.6 Å². The summed E-state index contributed by atoms with van der Waals surface area (Å²) in [7, 11) is 0. The van der Waals surface area contributed by atoms with Crippen LogP contribution in [0.2, 0.25) is 0 Å². The van der Waals surface area contributed by atoms with Crippen molar-refractivity contribution in [3.8, 4) is 0 Å². The number of carboxylic acid groups (broad SMARTS) is 1. The second kappa shape index (κ2) is 5.78. The molecule has 20 heavy (non-hydrogen) atoms. The van der Waals surface area contributed by atoms with Crippen LogP contribution in [0.3, 0.4) is 0 Å². The molecule has 0 radical (unpaired) electrons. The predicted octanol–water partition coefficient (Wildman–Crippen LogP) is 2.96. The van der Waals surface area contributed by atoms with Crippen molar-refractivity contribution in [3.63, 3.8) is 0 Å². The highest BCUT2D eigenvalue weighted by atomic mass is 79.9. The number of hydrogen-bond acceptors (Lipinski definition) is 2. The van der Waals surface area contributed by atoms with Crippen molar-refractivity contribution in [2.24, 2.45) is 5.41 Å². The molecule has 1 aromatic rings. The van der Waals surface area contributed by atoms with Crippen LogP contribution in [-0.4, -0.2) is 23.7 Å². The average Bonchev–Trinajstić information content (AvgIpc) is 2.32. The first kappa shape index (κ1) is 14.8. The SMILES string of the molecule is O=C(NCC1(C(=O)O)CCC1)Nc1cc(Br)ccc1F. The first-order valence-electron chi connectivity index (χ1n) is 6.16. The number of benzene rings is 1. The molecule has 1 aliphatic carbocycles. The number of amides is 2. The van der Waals surface area contributed by atoms with Crippen molar-refractivity contribution in [1.29, 1.82) is 0 Å². The van der Waals surface area contributed by atoms with Gasteiger partial charge in [-0.25, -0.2) is 9.18 Å². The summed E-state index contributed by atoms with van der Waals surface area (Å²) in [5.74, 6) is -1.46. The number of carboxylic acids is 1. The Hall–Kier alpha value is -1.63. The van der Waals surface area contributed by atoms with Gasteiger partial charge in [0.05, 0.1) is 11.1 Å². The highest BCUT2D eigenvalue weighted by molar-refractivity contribution is 9.10. The number of carbonyl (C=O) groups is 2. The van der Waals surface area contributed by atoms with Crippen LogP contribution in [0.4, 0.5) is 14.9 Å². The Labute approximate surface area is 123 Å². The van der Waals surface area contributed by atoms with Gasteiger partial charge in [0.15, 0.2) is 0 Å². The normalized spacial score (nSPS) is 16.1. The molecule has 3 N–H and O–H groups in total. The molecule has 0 bridgehead atoms. The minimum atomic E-state index is -0.905. The van der Waals surface area contributed by atoms with Gasteiger partial charge in [-0.05, 0) is 31.0 Å². The summed E-state index contributed by atoms with van der Waals surface area (Å²) in [4.78, 5) is 22.8. The van der Waals surface area contributed by atoms with Gasteiger partial charge in [0.1, 0.15) is 5.82 Å². The Morgan fingerprint density at radius 2 is 2.10 bits per heavy atom. The highest BCUT2D eigenvalue weighted by Crippen LogP contribution is 2.40. The van der Waals surface area contributed by atoms with Gasteiger partial charge in [-0.1, -0.05) is 22.4 Å². The molecule has 0 heterocycles. The van der Waals surface area contributed by atoms with E-state index in [2.05, 4.69) is 26.6 Å². The molecular formula is C13H14BrFN2O3. The lowest BCUT2D eigenvalue weighted by atomic mass is 9.69. The largest absolute Gasteiger partial charge is 0.481 e. The Bertz CT molecular complexity index is 546. The fourth-order valence-corrected chi connectivity index (χ4v) is 2.44. The maximum absolute atomic E-state index is 13.5. The molecule has 0 saturated heterocycles. The lowest BCUT2D eigenvalue weighted by Crippen LogP contribution is -2.48. The number of urea groups is 1. The number of anilines is 1. The third-order valence-corrected chi connectivity index (χ3v) is 4.02. The molecule has 1 aliphatic rings. The van der Waals surface area contributed by atoms with Crippen molar-refractivity contribution in [2.75, 3.05) is 11.9 Å². The molecule has 0 aliphatic heterocycles. The quantitative estimate of drug-likeness (QED) is 0.785. The first-order chi connectivity index (χ1) is 9.43. The van der Waals surface area contributed by atoms with Gasteiger partial charge in [0.2, 0.25) is 0 Å². The van der Waals surface area contributed by atoms with Crippen molar-refractivity contribution in [1.82, 2.24) is 5.32 Å². The fraction of sp³-hybridized carbons (Fsp3) is 0.385. The maximum Gasteiger partial charge on any atom is 0.319 e. The van der Waals surface area contributed by atoms with E-state index in [0.717, 1.165) is 6.42 Å². The molecule has 1 aromatic carbocycles. The standard InChI is InChI=1S/C13H14BrFN2O3/c14-8-2-3-9(15)10(6-8)17-12(20)16-7-13(11(18)19)4-1-5-13/h2-3,6H,1,4-5,7H2,(H,18,19)(H2,16,17,20). The van der Waals surface area contributed by atoms with E-state index in [1.807, 2.05) is 0 Å². The van der Waals surface area contributed by atoms with Gasteiger partial charge in [0.25, 0.3) is 0 Å². The van der Waals surface area contributed by atoms with E-state index in [9.17, 15) is 14.0 Å². The number of aliphatic carboxylic acids is 1. The van der Waals surface area contributed by atoms with Crippen LogP contribution < -0.4 is 10.6 Å². The topological polar surface area (TPSA) is 78.4 Å². The summed E-state index contributed by atoms with van der Waals surface area (Å²) in [6.07, 6.45) is 1.94. The number of nitrogens with one attached hydrogen (secondary N) is 2. The zero-order valence-electron chi connectivity index (χ0n) is 10.6. The summed E-state index contributed by atoms with van der Waals surface area (Å²) in [6.45, 7) is 0.0454. The molecule has 0 aromatic heterocycles. The zero-order chi connectivity index (χ0) is 14.8. The molecule has 2 amide bonds. The Morgan fingerprint density at radius 3 is 2.65 bits per heavy atom. The Balaban J connectivity index is 1.93. The second-order valence-corrected chi connectivity index (χ2v) is 5.79. The summed E-state index contributed by atoms with van der Waals surface area (Å²) >= 11 is 3.18. The molecule has 0 atom stereocenters. The Morgan fingerprint density at radius 1 is 1.40 bits per heavy atom. The van der Waals surface area contributed by atoms with Crippen LogP contribution in [0.1, 0.15) is 19.3 Å². The van der Waals surface area contributed by atoms with E-state index >= 15 is 0 Å². The third kappa shape index (κ3) is 3.09. The fourth-order valence-electron chi connectivity index (χ4n) is 2.08. The highest BCUT2D eigenvalue weighted by Gasteiger charge is 2.44. The van der Waals surface area contributed by atoms with Gasteiger partial charge in [-0.15, -0.1) is 0 Å². The van der Waals surface area contributed by atoms with E-state index in [1.54, 1.807) is 0 Å². The number of carbonyl (C=O) groups excluding carboxylic acids is 1. The number of halogens is 2. The van der Waals surface area contributed by atoms with E-state index in [1.165, 1.54) is 18.2 Å². The minimum absolute atomic E-state index is 0.0369. The van der Waals surface area contributed by atoms with Crippen LogP contribution in [0.25, 0.3) is 0 Å². The van der Waals surface area contributed by atoms with E-state index in [-0.39, 0.29) is 12.2 Å². The van der Waals surface area contributed by atoms with Crippen molar-refractivity contribution in [2.45, 2.75) is 19.3 Å². The van der Waals surface area contributed by atoms with Gasteiger partial charge in [-0.3, -0.25) is 4.79 Å². The predicted molar refractivity (Wildman–Crippen MR) is 75.0 cm³/mol. The summed E-state index contributed by atoms with van der Waals surface area (Å²) in [5, 5.41) is 14.0. The molecule has 7 heteroatoms. The van der Waals surface area contributed by atoms with Gasteiger partial charge < -0.3 is 15.7 Å². The number of hydrogen-bond donors (Lipinski definition) is 3. The van der Waals surface area contributed by atoms with Crippen LogP contribution >= 0.6 is 15.9 Å². The smallest absolute Gasteiger partial charge is 0.319 e. The summed E-state index contributed by atoms with van der Waals surface area (Å²) in [5.41, 5.74) is -0.831. The average molecular weight is 345 g/mol.